The third kappa shape index (κ3) is 5.07. The summed E-state index contributed by atoms with van der Waals surface area (Å²) in [5, 5.41) is 2.70. The molecule has 0 saturated carbocycles. The van der Waals surface area contributed by atoms with Crippen molar-refractivity contribution < 1.29 is 23.8 Å². The maximum Gasteiger partial charge on any atom is 0.269 e. The van der Waals surface area contributed by atoms with Gasteiger partial charge in [0.1, 0.15) is 5.70 Å². The van der Waals surface area contributed by atoms with Crippen molar-refractivity contribution in [3.63, 3.8) is 0 Å². The summed E-state index contributed by atoms with van der Waals surface area (Å²) < 4.78 is 16.1. The van der Waals surface area contributed by atoms with Gasteiger partial charge in [-0.1, -0.05) is 17.7 Å². The highest BCUT2D eigenvalue weighted by molar-refractivity contribution is 6.05. The summed E-state index contributed by atoms with van der Waals surface area (Å²) in [6.45, 7) is 1.94. The molecule has 0 spiro atoms. The monoisotopic (exact) mass is 398 g/mol. The number of amides is 2. The normalized spacial score (nSPS) is 10.9. The molecule has 2 aromatic rings. The van der Waals surface area contributed by atoms with Crippen LogP contribution in [0.2, 0.25) is 0 Å². The molecule has 0 aliphatic rings. The lowest BCUT2D eigenvalue weighted by Crippen LogP contribution is -2.34. The Morgan fingerprint density at radius 3 is 2.03 bits per heavy atom. The maximum absolute atomic E-state index is 12.7. The minimum Gasteiger partial charge on any atom is -0.493 e. The molecule has 0 fully saturated rings. The van der Waals surface area contributed by atoms with E-state index >= 15 is 0 Å². The molecule has 0 unspecified atom stereocenters. The van der Waals surface area contributed by atoms with E-state index in [-0.39, 0.29) is 17.5 Å². The van der Waals surface area contributed by atoms with E-state index in [0.717, 1.165) is 5.56 Å². The number of rotatable bonds is 7. The van der Waals surface area contributed by atoms with Gasteiger partial charge in [0, 0.05) is 25.2 Å². The summed E-state index contributed by atoms with van der Waals surface area (Å²) in [4.78, 5) is 26.7. The van der Waals surface area contributed by atoms with E-state index in [1.54, 1.807) is 44.4 Å². The van der Waals surface area contributed by atoms with E-state index in [0.29, 0.717) is 28.4 Å². The Kier molecular flexibility index (Phi) is 7.25. The molecule has 29 heavy (non-hydrogen) atoms. The zero-order valence-corrected chi connectivity index (χ0v) is 17.5. The van der Waals surface area contributed by atoms with Gasteiger partial charge in [0.2, 0.25) is 5.75 Å². The van der Waals surface area contributed by atoms with Gasteiger partial charge in [0.15, 0.2) is 11.5 Å². The summed E-state index contributed by atoms with van der Waals surface area (Å²) in [6, 6.07) is 10.5. The van der Waals surface area contributed by atoms with Crippen LogP contribution in [0.25, 0.3) is 6.08 Å². The molecular formula is C22H26N2O5. The molecule has 0 aliphatic heterocycles. The van der Waals surface area contributed by atoms with Crippen LogP contribution in [-0.2, 0) is 4.79 Å². The van der Waals surface area contributed by atoms with Crippen LogP contribution < -0.4 is 19.5 Å². The van der Waals surface area contributed by atoms with Gasteiger partial charge in [-0.25, -0.2) is 0 Å². The average molecular weight is 398 g/mol. The lowest BCUT2D eigenvalue weighted by atomic mass is 10.1. The molecule has 7 nitrogen and oxygen atoms in total. The summed E-state index contributed by atoms with van der Waals surface area (Å²) in [7, 11) is 7.74. The highest BCUT2D eigenvalue weighted by Gasteiger charge is 2.20. The van der Waals surface area contributed by atoms with Crippen LogP contribution >= 0.6 is 0 Å². The zero-order valence-electron chi connectivity index (χ0n) is 17.5. The fourth-order valence-corrected chi connectivity index (χ4v) is 2.69. The smallest absolute Gasteiger partial charge is 0.269 e. The Morgan fingerprint density at radius 2 is 1.52 bits per heavy atom. The lowest BCUT2D eigenvalue weighted by Gasteiger charge is -2.17. The van der Waals surface area contributed by atoms with E-state index in [4.69, 9.17) is 14.2 Å². The van der Waals surface area contributed by atoms with Crippen molar-refractivity contribution in [1.29, 1.82) is 0 Å². The van der Waals surface area contributed by atoms with Crippen LogP contribution in [0, 0.1) is 6.92 Å². The topological polar surface area (TPSA) is 77.1 Å². The fourth-order valence-electron chi connectivity index (χ4n) is 2.69. The van der Waals surface area contributed by atoms with Gasteiger partial charge in [-0.3, -0.25) is 9.59 Å². The number of benzene rings is 2. The first-order valence-corrected chi connectivity index (χ1v) is 8.92. The Balaban J connectivity index is 2.50. The van der Waals surface area contributed by atoms with Gasteiger partial charge in [-0.2, -0.15) is 0 Å². The Bertz CT molecular complexity index is 918. The number of likely N-dealkylation sites (N-methyl/N-ethyl adjacent to an activating group) is 1. The number of hydrogen-bond acceptors (Lipinski definition) is 5. The number of carbonyl (C=O) groups is 2. The summed E-state index contributed by atoms with van der Waals surface area (Å²) >= 11 is 0. The molecule has 0 saturated heterocycles. The standard InChI is InChI=1S/C22H26N2O5/c1-14-7-9-15(10-8-14)21(25)23-17(22(26)24(2)3)13-16-11-12-18(27-4)20(29-6)19(16)28-5/h7-13H,1-6H3,(H,23,25)/b17-13-. The second kappa shape index (κ2) is 9.64. The van der Waals surface area contributed by atoms with Gasteiger partial charge >= 0.3 is 0 Å². The molecule has 154 valence electrons. The number of aryl methyl sites for hydroxylation is 1. The first-order valence-electron chi connectivity index (χ1n) is 8.92. The third-order valence-corrected chi connectivity index (χ3v) is 4.23. The fraction of sp³-hybridized carbons (Fsp3) is 0.273. The Hall–Kier alpha value is -3.48. The first-order chi connectivity index (χ1) is 13.8. The van der Waals surface area contributed by atoms with Crippen LogP contribution in [-0.4, -0.2) is 52.1 Å². The highest BCUT2D eigenvalue weighted by atomic mass is 16.5. The van der Waals surface area contributed by atoms with Crippen molar-refractivity contribution in [2.24, 2.45) is 0 Å². The van der Waals surface area contributed by atoms with Crippen molar-refractivity contribution in [2.75, 3.05) is 35.4 Å². The minimum absolute atomic E-state index is 0.103. The minimum atomic E-state index is -0.383. The quantitative estimate of drug-likeness (QED) is 0.726. The number of nitrogens with one attached hydrogen (secondary N) is 1. The molecule has 0 bridgehead atoms. The van der Waals surface area contributed by atoms with Crippen LogP contribution in [0.1, 0.15) is 21.5 Å². The lowest BCUT2D eigenvalue weighted by molar-refractivity contribution is -0.124. The molecule has 2 amide bonds. The van der Waals surface area contributed by atoms with Gasteiger partial charge < -0.3 is 24.4 Å². The molecule has 2 aromatic carbocycles. The predicted octanol–water partition coefficient (Wildman–Crippen LogP) is 2.88. The molecule has 0 heterocycles. The predicted molar refractivity (Wildman–Crippen MR) is 111 cm³/mol. The first kappa shape index (κ1) is 21.8. The van der Waals surface area contributed by atoms with Crippen molar-refractivity contribution in [1.82, 2.24) is 10.2 Å². The van der Waals surface area contributed by atoms with Crippen LogP contribution in [0.15, 0.2) is 42.1 Å². The second-order valence-electron chi connectivity index (χ2n) is 6.50. The summed E-state index contributed by atoms with van der Waals surface area (Å²) in [6.07, 6.45) is 1.55. The van der Waals surface area contributed by atoms with Gasteiger partial charge in [0.05, 0.1) is 21.3 Å². The highest BCUT2D eigenvalue weighted by Crippen LogP contribution is 2.40. The van der Waals surface area contributed by atoms with E-state index in [2.05, 4.69) is 5.32 Å². The molecule has 0 atom stereocenters. The molecular weight excluding hydrogens is 372 g/mol. The zero-order chi connectivity index (χ0) is 21.6. The van der Waals surface area contributed by atoms with Gasteiger partial charge in [-0.15, -0.1) is 0 Å². The SMILES string of the molecule is COc1ccc(/C=C(\NC(=O)c2ccc(C)cc2)C(=O)N(C)C)c(OC)c1OC. The van der Waals surface area contributed by atoms with E-state index in [1.807, 2.05) is 19.1 Å². The van der Waals surface area contributed by atoms with Crippen molar-refractivity contribution in [3.8, 4) is 17.2 Å². The van der Waals surface area contributed by atoms with E-state index < -0.39 is 0 Å². The average Bonchev–Trinajstić information content (AvgIpc) is 2.72. The third-order valence-electron chi connectivity index (χ3n) is 4.23. The van der Waals surface area contributed by atoms with E-state index in [1.165, 1.54) is 26.2 Å². The number of hydrogen-bond donors (Lipinski definition) is 1. The maximum atomic E-state index is 12.7. The molecule has 2 rings (SSSR count). The molecule has 0 aromatic heterocycles. The number of carbonyl (C=O) groups excluding carboxylic acids is 2. The van der Waals surface area contributed by atoms with Crippen LogP contribution in [0.4, 0.5) is 0 Å². The van der Waals surface area contributed by atoms with E-state index in [9.17, 15) is 9.59 Å². The van der Waals surface area contributed by atoms with Crippen LogP contribution in [0.5, 0.6) is 17.2 Å². The summed E-state index contributed by atoms with van der Waals surface area (Å²) in [5.74, 6) is 0.532. The molecule has 1 N–H and O–H groups in total. The molecule has 0 aliphatic carbocycles. The van der Waals surface area contributed by atoms with Gasteiger partial charge in [0.25, 0.3) is 11.8 Å². The second-order valence-corrected chi connectivity index (χ2v) is 6.50. The summed E-state index contributed by atoms with van der Waals surface area (Å²) in [5.41, 5.74) is 2.15. The van der Waals surface area contributed by atoms with Crippen molar-refractivity contribution >= 4 is 17.9 Å². The van der Waals surface area contributed by atoms with Gasteiger partial charge in [-0.05, 0) is 37.3 Å². The number of methoxy groups -OCH3 is 3. The number of nitrogens with zero attached hydrogens (tertiary/aromatic N) is 1. The largest absolute Gasteiger partial charge is 0.493 e. The van der Waals surface area contributed by atoms with Crippen LogP contribution in [0.3, 0.4) is 0 Å². The van der Waals surface area contributed by atoms with Crippen molar-refractivity contribution in [2.45, 2.75) is 6.92 Å². The molecule has 7 heteroatoms. The Labute approximate surface area is 170 Å². The molecule has 0 radical (unpaired) electrons. The van der Waals surface area contributed by atoms with Crippen molar-refractivity contribution in [3.05, 3.63) is 58.8 Å². The number of ether oxygens (including phenoxy) is 3. The Morgan fingerprint density at radius 1 is 0.897 bits per heavy atom.